The Bertz CT molecular complexity index is 560. The van der Waals surface area contributed by atoms with Crippen LogP contribution in [0.25, 0.3) is 0 Å². The highest BCUT2D eigenvalue weighted by Gasteiger charge is 2.11. The molecule has 2 aromatic rings. The average Bonchev–Trinajstić information content (AvgIpc) is 2.47. The molecule has 0 radical (unpaired) electrons. The number of hydrogen-bond acceptors (Lipinski definition) is 1. The molecule has 0 saturated heterocycles. The van der Waals surface area contributed by atoms with Crippen LogP contribution in [0.5, 0.6) is 0 Å². The van der Waals surface area contributed by atoms with Crippen molar-refractivity contribution in [2.75, 3.05) is 6.54 Å². The molecular formula is C19H24ClN. The quantitative estimate of drug-likeness (QED) is 0.757. The Labute approximate surface area is 133 Å². The van der Waals surface area contributed by atoms with Crippen LogP contribution in [0.1, 0.15) is 49.4 Å². The number of halogens is 1. The second kappa shape index (κ2) is 7.63. The molecule has 0 bridgehead atoms. The lowest BCUT2D eigenvalue weighted by molar-refractivity contribution is 0.550. The van der Waals surface area contributed by atoms with Crippen LogP contribution in [-0.2, 0) is 6.42 Å². The summed E-state index contributed by atoms with van der Waals surface area (Å²) in [5.74, 6) is 0.580. The maximum Gasteiger partial charge on any atom is 0.0409 e. The molecule has 0 aliphatic heterocycles. The lowest BCUT2D eigenvalue weighted by Crippen LogP contribution is -2.22. The van der Waals surface area contributed by atoms with Crippen LogP contribution in [0.3, 0.4) is 0 Å². The molecule has 2 heteroatoms. The lowest BCUT2D eigenvalue weighted by atomic mass is 9.96. The van der Waals surface area contributed by atoms with E-state index >= 15 is 0 Å². The van der Waals surface area contributed by atoms with Crippen LogP contribution < -0.4 is 5.32 Å². The molecule has 0 spiro atoms. The van der Waals surface area contributed by atoms with E-state index in [1.54, 1.807) is 0 Å². The molecule has 21 heavy (non-hydrogen) atoms. The van der Waals surface area contributed by atoms with Gasteiger partial charge in [0.1, 0.15) is 0 Å². The standard InChI is InChI=1S/C19H24ClN/c1-4-21-19(17-6-5-7-18(20)13-17)12-15-8-10-16(11-9-15)14(2)3/h5-11,13-14,19,21H,4,12H2,1-3H3. The van der Waals surface area contributed by atoms with Gasteiger partial charge in [-0.1, -0.05) is 68.8 Å². The van der Waals surface area contributed by atoms with E-state index in [1.165, 1.54) is 16.7 Å². The minimum Gasteiger partial charge on any atom is -0.310 e. The third-order valence-electron chi connectivity index (χ3n) is 3.79. The Hall–Kier alpha value is -1.31. The Balaban J connectivity index is 2.16. The molecule has 0 aliphatic carbocycles. The molecule has 2 rings (SSSR count). The van der Waals surface area contributed by atoms with Gasteiger partial charge >= 0.3 is 0 Å². The first kappa shape index (κ1) is 16.1. The van der Waals surface area contributed by atoms with Gasteiger partial charge in [0.25, 0.3) is 0 Å². The fourth-order valence-corrected chi connectivity index (χ4v) is 2.75. The van der Waals surface area contributed by atoms with E-state index in [-0.39, 0.29) is 0 Å². The van der Waals surface area contributed by atoms with Crippen LogP contribution in [0.15, 0.2) is 48.5 Å². The summed E-state index contributed by atoms with van der Waals surface area (Å²) in [5.41, 5.74) is 3.99. The van der Waals surface area contributed by atoms with Crippen molar-refractivity contribution in [3.05, 3.63) is 70.2 Å². The summed E-state index contributed by atoms with van der Waals surface area (Å²) in [6.45, 7) is 7.53. The van der Waals surface area contributed by atoms with Gasteiger partial charge < -0.3 is 5.32 Å². The first-order valence-electron chi connectivity index (χ1n) is 7.67. The van der Waals surface area contributed by atoms with Crippen LogP contribution in [0.2, 0.25) is 5.02 Å². The van der Waals surface area contributed by atoms with Gasteiger partial charge in [0.15, 0.2) is 0 Å². The highest BCUT2D eigenvalue weighted by atomic mass is 35.5. The van der Waals surface area contributed by atoms with Crippen molar-refractivity contribution in [1.82, 2.24) is 5.32 Å². The Morgan fingerprint density at radius 3 is 2.29 bits per heavy atom. The summed E-state index contributed by atoms with van der Waals surface area (Å²) in [6, 6.07) is 17.4. The third kappa shape index (κ3) is 4.59. The molecule has 1 atom stereocenters. The number of rotatable bonds is 6. The van der Waals surface area contributed by atoms with E-state index in [9.17, 15) is 0 Å². The van der Waals surface area contributed by atoms with E-state index in [2.05, 4.69) is 62.5 Å². The minimum atomic E-state index is 0.304. The lowest BCUT2D eigenvalue weighted by Gasteiger charge is -2.19. The van der Waals surface area contributed by atoms with Gasteiger partial charge in [0.2, 0.25) is 0 Å². The molecule has 1 N–H and O–H groups in total. The summed E-state index contributed by atoms with van der Waals surface area (Å²) >= 11 is 6.12. The Kier molecular flexibility index (Phi) is 5.84. The summed E-state index contributed by atoms with van der Waals surface area (Å²) in [6.07, 6.45) is 0.979. The molecule has 0 aliphatic rings. The van der Waals surface area contributed by atoms with Crippen molar-refractivity contribution in [2.45, 2.75) is 39.2 Å². The third-order valence-corrected chi connectivity index (χ3v) is 4.02. The van der Waals surface area contributed by atoms with Crippen LogP contribution in [0.4, 0.5) is 0 Å². The number of hydrogen-bond donors (Lipinski definition) is 1. The first-order valence-corrected chi connectivity index (χ1v) is 8.05. The molecule has 0 heterocycles. The molecule has 1 unspecified atom stereocenters. The molecular weight excluding hydrogens is 278 g/mol. The van der Waals surface area contributed by atoms with Gasteiger partial charge in [0, 0.05) is 11.1 Å². The zero-order chi connectivity index (χ0) is 15.2. The van der Waals surface area contributed by atoms with Gasteiger partial charge in [-0.2, -0.15) is 0 Å². The van der Waals surface area contributed by atoms with Gasteiger partial charge in [-0.25, -0.2) is 0 Å². The second-order valence-electron chi connectivity index (χ2n) is 5.77. The predicted molar refractivity (Wildman–Crippen MR) is 92.1 cm³/mol. The Morgan fingerprint density at radius 2 is 1.71 bits per heavy atom. The molecule has 1 nitrogen and oxygen atoms in total. The van der Waals surface area contributed by atoms with E-state index < -0.39 is 0 Å². The predicted octanol–water partition coefficient (Wildman–Crippen LogP) is 5.36. The normalized spacial score (nSPS) is 12.6. The topological polar surface area (TPSA) is 12.0 Å². The van der Waals surface area contributed by atoms with E-state index in [0.717, 1.165) is 18.0 Å². The van der Waals surface area contributed by atoms with Crippen molar-refractivity contribution in [3.63, 3.8) is 0 Å². The molecule has 0 saturated carbocycles. The molecule has 2 aromatic carbocycles. The van der Waals surface area contributed by atoms with Crippen molar-refractivity contribution in [2.24, 2.45) is 0 Å². The van der Waals surface area contributed by atoms with Crippen LogP contribution >= 0.6 is 11.6 Å². The van der Waals surface area contributed by atoms with Crippen LogP contribution in [-0.4, -0.2) is 6.54 Å². The number of nitrogens with one attached hydrogen (secondary N) is 1. The van der Waals surface area contributed by atoms with Crippen molar-refractivity contribution in [1.29, 1.82) is 0 Å². The minimum absolute atomic E-state index is 0.304. The zero-order valence-electron chi connectivity index (χ0n) is 13.1. The van der Waals surface area contributed by atoms with Gasteiger partial charge in [-0.3, -0.25) is 0 Å². The largest absolute Gasteiger partial charge is 0.310 e. The summed E-state index contributed by atoms with van der Waals surface area (Å²) in [7, 11) is 0. The maximum absolute atomic E-state index is 6.12. The second-order valence-corrected chi connectivity index (χ2v) is 6.20. The fraction of sp³-hybridized carbons (Fsp3) is 0.368. The highest BCUT2D eigenvalue weighted by Crippen LogP contribution is 2.23. The number of likely N-dealkylation sites (N-methyl/N-ethyl adjacent to an activating group) is 1. The smallest absolute Gasteiger partial charge is 0.0409 e. The van der Waals surface area contributed by atoms with Gasteiger partial charge in [0.05, 0.1) is 0 Å². The highest BCUT2D eigenvalue weighted by molar-refractivity contribution is 6.30. The molecule has 0 amide bonds. The van der Waals surface area contributed by atoms with E-state index in [0.29, 0.717) is 12.0 Å². The van der Waals surface area contributed by atoms with Crippen LogP contribution in [0, 0.1) is 0 Å². The zero-order valence-corrected chi connectivity index (χ0v) is 13.8. The van der Waals surface area contributed by atoms with Crippen molar-refractivity contribution in [3.8, 4) is 0 Å². The summed E-state index contributed by atoms with van der Waals surface area (Å²) in [5, 5.41) is 4.35. The fourth-order valence-electron chi connectivity index (χ4n) is 2.55. The maximum atomic E-state index is 6.12. The van der Waals surface area contributed by atoms with Crippen molar-refractivity contribution < 1.29 is 0 Å². The molecule has 0 fully saturated rings. The van der Waals surface area contributed by atoms with Gasteiger partial charge in [-0.05, 0) is 47.7 Å². The monoisotopic (exact) mass is 301 g/mol. The average molecular weight is 302 g/mol. The Morgan fingerprint density at radius 1 is 1.00 bits per heavy atom. The van der Waals surface area contributed by atoms with Gasteiger partial charge in [-0.15, -0.1) is 0 Å². The van der Waals surface area contributed by atoms with Crippen molar-refractivity contribution >= 4 is 11.6 Å². The first-order chi connectivity index (χ1) is 10.1. The van der Waals surface area contributed by atoms with E-state index in [4.69, 9.17) is 11.6 Å². The molecule has 112 valence electrons. The summed E-state index contributed by atoms with van der Waals surface area (Å²) < 4.78 is 0. The SMILES string of the molecule is CCNC(Cc1ccc(C(C)C)cc1)c1cccc(Cl)c1. The van der Waals surface area contributed by atoms with E-state index in [1.807, 2.05) is 12.1 Å². The summed E-state index contributed by atoms with van der Waals surface area (Å²) in [4.78, 5) is 0. The number of benzene rings is 2. The molecule has 0 aromatic heterocycles.